The van der Waals surface area contributed by atoms with E-state index in [0.717, 1.165) is 32.0 Å². The van der Waals surface area contributed by atoms with Crippen LogP contribution < -0.4 is 10.1 Å². The molecule has 1 heterocycles. The first kappa shape index (κ1) is 19.6. The first-order valence-electron chi connectivity index (χ1n) is 6.89. The molecule has 1 aromatic rings. The number of rotatable bonds is 5. The summed E-state index contributed by atoms with van der Waals surface area (Å²) in [6.07, 6.45) is 1.47. The van der Waals surface area contributed by atoms with E-state index in [0.29, 0.717) is 0 Å². The fourth-order valence-corrected chi connectivity index (χ4v) is 3.93. The Kier molecular flexibility index (Phi) is 6.75. The van der Waals surface area contributed by atoms with Crippen LogP contribution in [0.25, 0.3) is 0 Å². The molecule has 0 atom stereocenters. The van der Waals surface area contributed by atoms with Crippen LogP contribution in [0.2, 0.25) is 0 Å². The van der Waals surface area contributed by atoms with Crippen LogP contribution >= 0.6 is 12.4 Å². The highest BCUT2D eigenvalue weighted by atomic mass is 35.5. The van der Waals surface area contributed by atoms with Gasteiger partial charge in [-0.25, -0.2) is 8.42 Å². The van der Waals surface area contributed by atoms with E-state index in [9.17, 15) is 18.5 Å². The summed E-state index contributed by atoms with van der Waals surface area (Å²) in [5.41, 5.74) is -0.258. The summed E-state index contributed by atoms with van der Waals surface area (Å²) in [7, 11) is -0.897. The SMILES string of the molecule is COc1cc(S(=O)(=O)N(C)C2CCNCC2)ccc1[N+](=O)[O-].Cl. The number of ether oxygens (including phenoxy) is 1. The minimum absolute atomic E-state index is 0. The van der Waals surface area contributed by atoms with Crippen LogP contribution in [0.3, 0.4) is 0 Å². The molecule has 0 aromatic heterocycles. The van der Waals surface area contributed by atoms with Gasteiger partial charge in [-0.3, -0.25) is 10.1 Å². The topological polar surface area (TPSA) is 102 Å². The highest BCUT2D eigenvalue weighted by molar-refractivity contribution is 7.89. The van der Waals surface area contributed by atoms with Crippen molar-refractivity contribution in [3.05, 3.63) is 28.3 Å². The summed E-state index contributed by atoms with van der Waals surface area (Å²) in [4.78, 5) is 10.3. The van der Waals surface area contributed by atoms with E-state index >= 15 is 0 Å². The largest absolute Gasteiger partial charge is 0.490 e. The molecule has 0 bridgehead atoms. The third-order valence-corrected chi connectivity index (χ3v) is 5.75. The molecule has 0 unspecified atom stereocenters. The number of nitrogens with zero attached hydrogens (tertiary/aromatic N) is 2. The summed E-state index contributed by atoms with van der Waals surface area (Å²) >= 11 is 0. The molecule has 1 saturated heterocycles. The number of sulfonamides is 1. The predicted octanol–water partition coefficient (Wildman–Crippen LogP) is 1.40. The van der Waals surface area contributed by atoms with E-state index in [4.69, 9.17) is 4.74 Å². The van der Waals surface area contributed by atoms with Gasteiger partial charge in [-0.05, 0) is 32.0 Å². The van der Waals surface area contributed by atoms with E-state index in [1.54, 1.807) is 7.05 Å². The van der Waals surface area contributed by atoms with Gasteiger partial charge in [-0.2, -0.15) is 4.31 Å². The number of piperidine rings is 1. The zero-order valence-electron chi connectivity index (χ0n) is 12.9. The van der Waals surface area contributed by atoms with Gasteiger partial charge in [0, 0.05) is 25.2 Å². The number of hydrogen-bond acceptors (Lipinski definition) is 6. The molecule has 0 saturated carbocycles. The first-order valence-corrected chi connectivity index (χ1v) is 8.33. The highest BCUT2D eigenvalue weighted by Gasteiger charge is 2.30. The third-order valence-electron chi connectivity index (χ3n) is 3.85. The van der Waals surface area contributed by atoms with E-state index < -0.39 is 14.9 Å². The average molecular weight is 366 g/mol. The minimum Gasteiger partial charge on any atom is -0.490 e. The summed E-state index contributed by atoms with van der Waals surface area (Å²) in [6, 6.07) is 3.52. The van der Waals surface area contributed by atoms with Gasteiger partial charge >= 0.3 is 5.69 Å². The first-order chi connectivity index (χ1) is 10.4. The molecule has 8 nitrogen and oxygen atoms in total. The number of nitro benzene ring substituents is 1. The van der Waals surface area contributed by atoms with Gasteiger partial charge in [-0.1, -0.05) is 0 Å². The Hall–Kier alpha value is -1.42. The third kappa shape index (κ3) is 4.11. The van der Waals surface area contributed by atoms with Crippen molar-refractivity contribution in [3.8, 4) is 5.75 Å². The molecule has 0 spiro atoms. The van der Waals surface area contributed by atoms with Crippen LogP contribution in [0, 0.1) is 10.1 Å². The number of nitro groups is 1. The Morgan fingerprint density at radius 1 is 1.35 bits per heavy atom. The molecule has 1 aliphatic rings. The maximum absolute atomic E-state index is 12.7. The summed E-state index contributed by atoms with van der Waals surface area (Å²) in [6.45, 7) is 1.54. The Balaban J connectivity index is 0.00000264. The lowest BCUT2D eigenvalue weighted by Crippen LogP contribution is -2.43. The number of hydrogen-bond donors (Lipinski definition) is 1. The van der Waals surface area contributed by atoms with E-state index in [-0.39, 0.29) is 34.8 Å². The van der Waals surface area contributed by atoms with Crippen molar-refractivity contribution in [1.82, 2.24) is 9.62 Å². The highest BCUT2D eigenvalue weighted by Crippen LogP contribution is 2.31. The van der Waals surface area contributed by atoms with Gasteiger partial charge in [0.15, 0.2) is 5.75 Å². The zero-order valence-corrected chi connectivity index (χ0v) is 14.5. The summed E-state index contributed by atoms with van der Waals surface area (Å²) < 4.78 is 31.6. The monoisotopic (exact) mass is 365 g/mol. The van der Waals surface area contributed by atoms with Crippen molar-refractivity contribution in [1.29, 1.82) is 0 Å². The number of methoxy groups -OCH3 is 1. The fraction of sp³-hybridized carbons (Fsp3) is 0.538. The lowest BCUT2D eigenvalue weighted by molar-refractivity contribution is -0.385. The van der Waals surface area contributed by atoms with Gasteiger partial charge < -0.3 is 10.1 Å². The Labute approximate surface area is 141 Å². The van der Waals surface area contributed by atoms with Crippen LogP contribution in [0.15, 0.2) is 23.1 Å². The van der Waals surface area contributed by atoms with Crippen molar-refractivity contribution in [2.45, 2.75) is 23.8 Å². The second-order valence-electron chi connectivity index (χ2n) is 5.09. The van der Waals surface area contributed by atoms with Gasteiger partial charge in [0.25, 0.3) is 0 Å². The fourth-order valence-electron chi connectivity index (χ4n) is 2.50. The minimum atomic E-state index is -3.71. The van der Waals surface area contributed by atoms with Crippen molar-refractivity contribution >= 4 is 28.1 Å². The molecule has 1 N–H and O–H groups in total. The molecule has 10 heteroatoms. The Morgan fingerprint density at radius 2 is 1.96 bits per heavy atom. The molecule has 23 heavy (non-hydrogen) atoms. The van der Waals surface area contributed by atoms with E-state index in [1.165, 1.54) is 23.5 Å². The smallest absolute Gasteiger partial charge is 0.310 e. The second-order valence-corrected chi connectivity index (χ2v) is 7.09. The Morgan fingerprint density at radius 3 is 2.48 bits per heavy atom. The van der Waals surface area contributed by atoms with Crippen LogP contribution in [0.4, 0.5) is 5.69 Å². The van der Waals surface area contributed by atoms with Crippen molar-refractivity contribution < 1.29 is 18.1 Å². The molecule has 0 amide bonds. The Bertz CT molecular complexity index is 662. The summed E-state index contributed by atoms with van der Waals surface area (Å²) in [5, 5.41) is 14.1. The number of halogens is 1. The molecule has 2 rings (SSSR count). The maximum atomic E-state index is 12.7. The van der Waals surface area contributed by atoms with Crippen LogP contribution in [0.5, 0.6) is 5.75 Å². The predicted molar refractivity (Wildman–Crippen MR) is 87.7 cm³/mol. The lowest BCUT2D eigenvalue weighted by atomic mass is 10.1. The van der Waals surface area contributed by atoms with Crippen molar-refractivity contribution in [3.63, 3.8) is 0 Å². The molecule has 0 radical (unpaired) electrons. The average Bonchev–Trinajstić information content (AvgIpc) is 2.54. The van der Waals surface area contributed by atoms with Crippen LogP contribution in [0.1, 0.15) is 12.8 Å². The van der Waals surface area contributed by atoms with Gasteiger partial charge in [-0.15, -0.1) is 12.4 Å². The number of nitrogens with one attached hydrogen (secondary N) is 1. The molecule has 1 fully saturated rings. The molecule has 1 aliphatic heterocycles. The maximum Gasteiger partial charge on any atom is 0.310 e. The normalized spacial score (nSPS) is 16.0. The summed E-state index contributed by atoms with van der Waals surface area (Å²) in [5.74, 6) is -0.0650. The standard InChI is InChI=1S/C13H19N3O5S.ClH/c1-15(10-5-7-14-8-6-10)22(19,20)11-3-4-12(16(17)18)13(9-11)21-2;/h3-4,9-10,14H,5-8H2,1-2H3;1H. The molecule has 0 aliphatic carbocycles. The van der Waals surface area contributed by atoms with Crippen molar-refractivity contribution in [2.24, 2.45) is 0 Å². The van der Waals surface area contributed by atoms with Gasteiger partial charge in [0.05, 0.1) is 16.9 Å². The zero-order chi connectivity index (χ0) is 16.3. The molecule has 130 valence electrons. The van der Waals surface area contributed by atoms with Crippen molar-refractivity contribution in [2.75, 3.05) is 27.2 Å². The number of benzene rings is 1. The van der Waals surface area contributed by atoms with Crippen LogP contribution in [-0.2, 0) is 10.0 Å². The van der Waals surface area contributed by atoms with Crippen LogP contribution in [-0.4, -0.2) is 50.9 Å². The second kappa shape index (κ2) is 7.91. The van der Waals surface area contributed by atoms with Gasteiger partial charge in [0.2, 0.25) is 10.0 Å². The van der Waals surface area contributed by atoms with E-state index in [2.05, 4.69) is 5.32 Å². The molecule has 1 aromatic carbocycles. The van der Waals surface area contributed by atoms with E-state index in [1.807, 2.05) is 0 Å². The lowest BCUT2D eigenvalue weighted by Gasteiger charge is -2.30. The van der Waals surface area contributed by atoms with Gasteiger partial charge in [0.1, 0.15) is 0 Å². The molecular weight excluding hydrogens is 346 g/mol. The molecular formula is C13H20ClN3O5S. The quantitative estimate of drug-likeness (QED) is 0.625.